The third kappa shape index (κ3) is 4.64. The van der Waals surface area contributed by atoms with Gasteiger partial charge in [-0.05, 0) is 62.4 Å². The molecular formula is C30H24N2O5S. The Kier molecular flexibility index (Phi) is 6.47. The van der Waals surface area contributed by atoms with E-state index < -0.39 is 9.84 Å². The van der Waals surface area contributed by atoms with Crippen molar-refractivity contribution in [1.82, 2.24) is 4.98 Å². The summed E-state index contributed by atoms with van der Waals surface area (Å²) in [6, 6.07) is 16.9. The van der Waals surface area contributed by atoms with Gasteiger partial charge in [-0.25, -0.2) is 13.4 Å². The quantitative estimate of drug-likeness (QED) is 0.139. The number of carbonyl (C=O) groups excluding carboxylic acids is 1. The lowest BCUT2D eigenvalue weighted by Crippen LogP contribution is -2.21. The predicted octanol–water partition coefficient (Wildman–Crippen LogP) is 4.91. The zero-order chi connectivity index (χ0) is 27.0. The molecule has 3 aromatic carbocycles. The van der Waals surface area contributed by atoms with E-state index in [9.17, 15) is 18.0 Å². The Morgan fingerprint density at radius 3 is 2.32 bits per heavy atom. The van der Waals surface area contributed by atoms with Gasteiger partial charge in [0.1, 0.15) is 11.2 Å². The van der Waals surface area contributed by atoms with Crippen LogP contribution in [0.5, 0.6) is 0 Å². The highest BCUT2D eigenvalue weighted by molar-refractivity contribution is 7.90. The van der Waals surface area contributed by atoms with Gasteiger partial charge >= 0.3 is 0 Å². The zero-order valence-electron chi connectivity index (χ0n) is 21.1. The monoisotopic (exact) mass is 524 g/mol. The topological polar surface area (TPSA) is 97.5 Å². The first-order valence-corrected chi connectivity index (χ1v) is 14.0. The molecule has 3 aromatic rings. The first-order valence-electron chi connectivity index (χ1n) is 12.1. The third-order valence-corrected chi connectivity index (χ3v) is 7.60. The fourth-order valence-corrected chi connectivity index (χ4v) is 5.39. The average Bonchev–Trinajstić information content (AvgIpc) is 2.91. The van der Waals surface area contributed by atoms with Crippen molar-refractivity contribution in [2.24, 2.45) is 0 Å². The average molecular weight is 525 g/mol. The van der Waals surface area contributed by atoms with Crippen molar-refractivity contribution in [2.45, 2.75) is 18.7 Å². The van der Waals surface area contributed by atoms with E-state index >= 15 is 0 Å². The van der Waals surface area contributed by atoms with Gasteiger partial charge in [0, 0.05) is 64.6 Å². The van der Waals surface area contributed by atoms with Crippen LogP contribution in [-0.4, -0.2) is 39.0 Å². The van der Waals surface area contributed by atoms with Crippen molar-refractivity contribution in [3.8, 4) is 23.3 Å². The zero-order valence-corrected chi connectivity index (χ0v) is 21.9. The molecule has 1 aliphatic heterocycles. The molecule has 5 rings (SSSR count). The molecule has 0 atom stereocenters. The SMILES string of the molecule is CCN(CC)c1ccc2nc3c4cc(C#Cc5ccc(C=O)c(S(C)(=O)=O)c5)ccc4c(=O)cc-3oc2c1. The molecule has 0 radical (unpaired) electrons. The fourth-order valence-electron chi connectivity index (χ4n) is 4.50. The van der Waals surface area contributed by atoms with Crippen LogP contribution in [0, 0.1) is 11.8 Å². The van der Waals surface area contributed by atoms with E-state index in [1.54, 1.807) is 24.3 Å². The van der Waals surface area contributed by atoms with Crippen LogP contribution in [0.25, 0.3) is 33.3 Å². The minimum absolute atomic E-state index is 0.0679. The summed E-state index contributed by atoms with van der Waals surface area (Å²) in [5.41, 5.74) is 3.81. The van der Waals surface area contributed by atoms with Crippen molar-refractivity contribution in [3.63, 3.8) is 0 Å². The second kappa shape index (κ2) is 9.77. The summed E-state index contributed by atoms with van der Waals surface area (Å²) in [6.45, 7) is 5.90. The standard InChI is InChI=1S/C30H24N2O5S/c1-4-32(5-2)22-11-13-25-27(16-22)37-28-17-26(34)23-12-9-19(14-24(23)30(28)31-25)6-7-20-8-10-21(18-33)29(15-20)38(3,35)36/h8-18H,4-5H2,1-3H3. The molecule has 8 heteroatoms. The molecule has 0 amide bonds. The summed E-state index contributed by atoms with van der Waals surface area (Å²) in [5.74, 6) is 6.36. The number of fused-ring (bicyclic) bond motifs is 4. The molecule has 0 fully saturated rings. The third-order valence-electron chi connectivity index (χ3n) is 6.45. The molecule has 0 unspecified atom stereocenters. The molecule has 0 bridgehead atoms. The number of hydrogen-bond donors (Lipinski definition) is 0. The molecule has 1 aliphatic carbocycles. The molecular weight excluding hydrogens is 500 g/mol. The van der Waals surface area contributed by atoms with Gasteiger partial charge in [-0.2, -0.15) is 0 Å². The molecule has 0 saturated carbocycles. The second-order valence-corrected chi connectivity index (χ2v) is 10.9. The minimum Gasteiger partial charge on any atom is -0.453 e. The number of nitrogens with zero attached hydrogens (tertiary/aromatic N) is 2. The smallest absolute Gasteiger partial charge is 0.190 e. The van der Waals surface area contributed by atoms with Crippen LogP contribution in [0.2, 0.25) is 0 Å². The first-order chi connectivity index (χ1) is 18.2. The molecule has 0 saturated heterocycles. The normalized spacial score (nSPS) is 11.4. The Morgan fingerprint density at radius 1 is 0.921 bits per heavy atom. The van der Waals surface area contributed by atoms with Crippen molar-refractivity contribution in [2.75, 3.05) is 24.2 Å². The van der Waals surface area contributed by atoms with Crippen LogP contribution >= 0.6 is 0 Å². The summed E-state index contributed by atoms with van der Waals surface area (Å²) >= 11 is 0. The van der Waals surface area contributed by atoms with E-state index in [2.05, 4.69) is 30.6 Å². The van der Waals surface area contributed by atoms with Crippen LogP contribution < -0.4 is 10.3 Å². The molecule has 7 nitrogen and oxygen atoms in total. The van der Waals surface area contributed by atoms with Gasteiger partial charge < -0.3 is 9.32 Å². The Morgan fingerprint density at radius 2 is 1.63 bits per heavy atom. The van der Waals surface area contributed by atoms with Crippen molar-refractivity contribution >= 4 is 43.7 Å². The Bertz CT molecular complexity index is 1930. The molecule has 190 valence electrons. The Hall–Kier alpha value is -4.48. The number of sulfone groups is 1. The number of carbonyl (C=O) groups is 1. The number of hydrogen-bond acceptors (Lipinski definition) is 7. The number of rotatable bonds is 5. The Labute approximate surface area is 220 Å². The minimum atomic E-state index is -3.59. The van der Waals surface area contributed by atoms with Crippen LogP contribution in [0.3, 0.4) is 0 Å². The second-order valence-electron chi connectivity index (χ2n) is 8.91. The van der Waals surface area contributed by atoms with E-state index in [1.807, 2.05) is 18.2 Å². The van der Waals surface area contributed by atoms with Crippen LogP contribution in [-0.2, 0) is 9.84 Å². The van der Waals surface area contributed by atoms with Crippen LogP contribution in [0.4, 0.5) is 5.69 Å². The van der Waals surface area contributed by atoms with E-state index in [-0.39, 0.29) is 15.9 Å². The van der Waals surface area contributed by atoms with Gasteiger partial charge in [0.05, 0.1) is 4.90 Å². The number of anilines is 1. The van der Waals surface area contributed by atoms with Crippen LogP contribution in [0.15, 0.2) is 74.8 Å². The number of benzene rings is 4. The van der Waals surface area contributed by atoms with Crippen molar-refractivity contribution in [3.05, 3.63) is 87.6 Å². The van der Waals surface area contributed by atoms with Gasteiger partial charge in [-0.3, -0.25) is 9.59 Å². The van der Waals surface area contributed by atoms with Gasteiger partial charge in [0.25, 0.3) is 0 Å². The molecule has 38 heavy (non-hydrogen) atoms. The summed E-state index contributed by atoms with van der Waals surface area (Å²) in [4.78, 5) is 31.1. The van der Waals surface area contributed by atoms with Crippen LogP contribution in [0.1, 0.15) is 35.3 Å². The summed E-state index contributed by atoms with van der Waals surface area (Å²) < 4.78 is 30.3. The van der Waals surface area contributed by atoms with E-state index in [0.29, 0.717) is 50.7 Å². The lowest BCUT2D eigenvalue weighted by atomic mass is 10.0. The highest BCUT2D eigenvalue weighted by Crippen LogP contribution is 2.32. The molecule has 1 heterocycles. The number of aldehydes is 1. The first kappa shape index (κ1) is 25.2. The number of aromatic nitrogens is 1. The fraction of sp³-hybridized carbons (Fsp3) is 0.167. The van der Waals surface area contributed by atoms with Crippen molar-refractivity contribution in [1.29, 1.82) is 0 Å². The lowest BCUT2D eigenvalue weighted by Gasteiger charge is -2.21. The maximum absolute atomic E-state index is 12.9. The van der Waals surface area contributed by atoms with Gasteiger partial charge in [-0.15, -0.1) is 0 Å². The molecule has 0 N–H and O–H groups in total. The summed E-state index contributed by atoms with van der Waals surface area (Å²) in [7, 11) is -3.59. The predicted molar refractivity (Wildman–Crippen MR) is 149 cm³/mol. The summed E-state index contributed by atoms with van der Waals surface area (Å²) in [6.07, 6.45) is 1.56. The van der Waals surface area contributed by atoms with Gasteiger partial charge in [0.15, 0.2) is 32.9 Å². The molecule has 0 aromatic heterocycles. The molecule has 2 aliphatic rings. The lowest BCUT2D eigenvalue weighted by molar-refractivity contribution is 0.112. The highest BCUT2D eigenvalue weighted by atomic mass is 32.2. The van der Waals surface area contributed by atoms with Gasteiger partial charge in [0.2, 0.25) is 0 Å². The maximum atomic E-state index is 12.9. The van der Waals surface area contributed by atoms with E-state index in [1.165, 1.54) is 18.2 Å². The summed E-state index contributed by atoms with van der Waals surface area (Å²) in [5, 5.41) is 1.12. The molecule has 0 spiro atoms. The highest BCUT2D eigenvalue weighted by Gasteiger charge is 2.17. The van der Waals surface area contributed by atoms with Gasteiger partial charge in [-0.1, -0.05) is 11.8 Å². The van der Waals surface area contributed by atoms with E-state index in [4.69, 9.17) is 9.40 Å². The largest absolute Gasteiger partial charge is 0.453 e. The van der Waals surface area contributed by atoms with E-state index in [0.717, 1.165) is 25.0 Å². The van der Waals surface area contributed by atoms with Crippen molar-refractivity contribution < 1.29 is 17.6 Å². The maximum Gasteiger partial charge on any atom is 0.190 e. The Balaban J connectivity index is 1.63.